The maximum absolute atomic E-state index is 6.54. The van der Waals surface area contributed by atoms with Gasteiger partial charge in [-0.15, -0.1) is 0 Å². The molecule has 0 bridgehead atoms. The summed E-state index contributed by atoms with van der Waals surface area (Å²) in [4.78, 5) is 2.42. The molecule has 0 aliphatic heterocycles. The molecule has 1 heterocycles. The third kappa shape index (κ3) is 4.42. The number of imidazole rings is 1. The van der Waals surface area contributed by atoms with Gasteiger partial charge in [0, 0.05) is 6.54 Å². The number of fused-ring (bicyclic) bond motifs is 1. The van der Waals surface area contributed by atoms with Crippen molar-refractivity contribution >= 4 is 17.0 Å². The molecular weight excluding hydrogens is 336 g/mol. The van der Waals surface area contributed by atoms with Crippen molar-refractivity contribution in [3.05, 3.63) is 54.1 Å². The van der Waals surface area contributed by atoms with Crippen molar-refractivity contribution in [2.75, 3.05) is 32.0 Å². The summed E-state index contributed by atoms with van der Waals surface area (Å²) in [6, 6.07) is 16.6. The maximum Gasteiger partial charge on any atom is 0.356 e. The molecule has 0 saturated heterocycles. The van der Waals surface area contributed by atoms with Gasteiger partial charge in [0.15, 0.2) is 0 Å². The van der Waals surface area contributed by atoms with Crippen LogP contribution in [0.2, 0.25) is 0 Å². The Morgan fingerprint density at radius 3 is 2.59 bits per heavy atom. The van der Waals surface area contributed by atoms with E-state index in [2.05, 4.69) is 71.2 Å². The van der Waals surface area contributed by atoms with E-state index in [0.717, 1.165) is 49.9 Å². The Bertz CT molecular complexity index is 883. The fourth-order valence-corrected chi connectivity index (χ4v) is 3.52. The third-order valence-electron chi connectivity index (χ3n) is 5.12. The molecule has 2 aromatic carbocycles. The zero-order chi connectivity index (χ0) is 19.2. The van der Waals surface area contributed by atoms with E-state index in [1.165, 1.54) is 11.1 Å². The van der Waals surface area contributed by atoms with Crippen molar-refractivity contribution in [2.24, 2.45) is 0 Å². The van der Waals surface area contributed by atoms with Crippen molar-refractivity contribution in [1.29, 1.82) is 0 Å². The van der Waals surface area contributed by atoms with Gasteiger partial charge in [-0.25, -0.2) is 9.13 Å². The third-order valence-corrected chi connectivity index (χ3v) is 5.12. The van der Waals surface area contributed by atoms with Crippen LogP contribution in [0.25, 0.3) is 11.0 Å². The fraction of sp³-hybridized carbons (Fsp3) is 0.409. The second-order valence-corrected chi connectivity index (χ2v) is 6.84. The lowest BCUT2D eigenvalue weighted by molar-refractivity contribution is -0.657. The highest BCUT2D eigenvalue weighted by atomic mass is 16.5. The van der Waals surface area contributed by atoms with E-state index in [1.54, 1.807) is 0 Å². The highest BCUT2D eigenvalue weighted by Crippen LogP contribution is 2.17. The van der Waals surface area contributed by atoms with Crippen LogP contribution in [0.15, 0.2) is 48.5 Å². The molecule has 5 heteroatoms. The van der Waals surface area contributed by atoms with Crippen molar-refractivity contribution in [3.8, 4) is 5.75 Å². The van der Waals surface area contributed by atoms with Crippen molar-refractivity contribution in [2.45, 2.75) is 33.9 Å². The molecule has 1 aromatic heterocycles. The molecule has 2 N–H and O–H groups in total. The quantitative estimate of drug-likeness (QED) is 0.591. The number of nitrogen functional groups attached to an aromatic ring is 1. The van der Waals surface area contributed by atoms with Gasteiger partial charge in [0.05, 0.1) is 6.54 Å². The van der Waals surface area contributed by atoms with Gasteiger partial charge in [-0.1, -0.05) is 38.1 Å². The van der Waals surface area contributed by atoms with E-state index >= 15 is 0 Å². The van der Waals surface area contributed by atoms with Crippen LogP contribution in [-0.4, -0.2) is 35.7 Å². The Labute approximate surface area is 162 Å². The summed E-state index contributed by atoms with van der Waals surface area (Å²) in [5, 5.41) is 0. The largest absolute Gasteiger partial charge is 0.490 e. The lowest BCUT2D eigenvalue weighted by Crippen LogP contribution is -2.42. The summed E-state index contributed by atoms with van der Waals surface area (Å²) in [7, 11) is 0. The van der Waals surface area contributed by atoms with Crippen LogP contribution in [0.1, 0.15) is 19.4 Å². The molecule has 0 unspecified atom stereocenters. The molecule has 5 nitrogen and oxygen atoms in total. The molecule has 0 aliphatic carbocycles. The van der Waals surface area contributed by atoms with Crippen molar-refractivity contribution < 1.29 is 9.30 Å². The summed E-state index contributed by atoms with van der Waals surface area (Å²) in [6.07, 6.45) is 0. The summed E-state index contributed by atoms with van der Waals surface area (Å²) >= 11 is 0. The van der Waals surface area contributed by atoms with Gasteiger partial charge in [-0.05, 0) is 49.8 Å². The van der Waals surface area contributed by atoms with Crippen LogP contribution in [0.3, 0.4) is 0 Å². The van der Waals surface area contributed by atoms with Crippen LogP contribution < -0.4 is 15.0 Å². The summed E-state index contributed by atoms with van der Waals surface area (Å²) < 4.78 is 10.3. The number of hydrogen-bond donors (Lipinski definition) is 1. The first-order valence-electron chi connectivity index (χ1n) is 9.82. The van der Waals surface area contributed by atoms with Gasteiger partial charge in [0.25, 0.3) is 0 Å². The van der Waals surface area contributed by atoms with Crippen LogP contribution in [-0.2, 0) is 13.1 Å². The molecular formula is C22H31N4O+. The van der Waals surface area contributed by atoms with Crippen molar-refractivity contribution in [3.63, 3.8) is 0 Å². The van der Waals surface area contributed by atoms with Crippen LogP contribution in [0, 0.1) is 6.92 Å². The highest BCUT2D eigenvalue weighted by molar-refractivity contribution is 5.73. The van der Waals surface area contributed by atoms with E-state index in [1.807, 2.05) is 12.1 Å². The Morgan fingerprint density at radius 2 is 1.85 bits per heavy atom. The van der Waals surface area contributed by atoms with Crippen molar-refractivity contribution in [1.82, 2.24) is 9.47 Å². The first-order chi connectivity index (χ1) is 13.1. The summed E-state index contributed by atoms with van der Waals surface area (Å²) in [6.45, 7) is 11.8. The molecule has 0 fully saturated rings. The molecule has 0 aliphatic rings. The molecule has 0 spiro atoms. The van der Waals surface area contributed by atoms with Crippen LogP contribution >= 0.6 is 0 Å². The van der Waals surface area contributed by atoms with Gasteiger partial charge in [-0.2, -0.15) is 0 Å². The Morgan fingerprint density at radius 1 is 1.07 bits per heavy atom. The first-order valence-corrected chi connectivity index (χ1v) is 9.82. The number of nitrogens with zero attached hydrogens (tertiary/aromatic N) is 3. The number of hydrogen-bond acceptors (Lipinski definition) is 3. The van der Waals surface area contributed by atoms with E-state index in [4.69, 9.17) is 10.5 Å². The maximum atomic E-state index is 6.54. The number of likely N-dealkylation sites (N-methyl/N-ethyl adjacent to an activating group) is 1. The number of rotatable bonds is 9. The highest BCUT2D eigenvalue weighted by Gasteiger charge is 2.20. The number of aryl methyl sites for hydroxylation is 1. The van der Waals surface area contributed by atoms with Crippen LogP contribution in [0.4, 0.5) is 5.95 Å². The second-order valence-electron chi connectivity index (χ2n) is 6.84. The monoisotopic (exact) mass is 367 g/mol. The number of nitrogens with two attached hydrogens (primary N) is 1. The Balaban J connectivity index is 1.77. The fourth-order valence-electron chi connectivity index (χ4n) is 3.52. The van der Waals surface area contributed by atoms with Gasteiger partial charge >= 0.3 is 5.95 Å². The number of anilines is 1. The average molecular weight is 368 g/mol. The SMILES string of the molecule is CCN(CC)CC[n+]1c(N)n(CCOc2cccc(C)c2)c2ccccc21. The zero-order valence-electron chi connectivity index (χ0n) is 16.7. The molecule has 0 radical (unpaired) electrons. The van der Waals surface area contributed by atoms with E-state index in [9.17, 15) is 0 Å². The molecule has 0 atom stereocenters. The first kappa shape index (κ1) is 19.2. The van der Waals surface area contributed by atoms with Gasteiger partial charge in [0.1, 0.15) is 29.9 Å². The Kier molecular flexibility index (Phi) is 6.35. The molecule has 3 rings (SSSR count). The summed E-state index contributed by atoms with van der Waals surface area (Å²) in [5.41, 5.74) is 10.1. The minimum absolute atomic E-state index is 0.586. The van der Waals surface area contributed by atoms with E-state index in [0.29, 0.717) is 6.61 Å². The second kappa shape index (κ2) is 8.91. The molecule has 144 valence electrons. The average Bonchev–Trinajstić information content (AvgIpc) is 2.94. The van der Waals surface area contributed by atoms with Crippen LogP contribution in [0.5, 0.6) is 5.75 Å². The number of benzene rings is 2. The predicted molar refractivity (Wildman–Crippen MR) is 111 cm³/mol. The number of aromatic nitrogens is 2. The smallest absolute Gasteiger partial charge is 0.356 e. The van der Waals surface area contributed by atoms with E-state index in [-0.39, 0.29) is 0 Å². The molecule has 0 amide bonds. The van der Waals surface area contributed by atoms with Gasteiger partial charge in [0.2, 0.25) is 0 Å². The minimum atomic E-state index is 0.586. The van der Waals surface area contributed by atoms with Gasteiger partial charge < -0.3 is 9.64 Å². The Hall–Kier alpha value is -2.53. The normalized spacial score (nSPS) is 11.4. The molecule has 3 aromatic rings. The zero-order valence-corrected chi connectivity index (χ0v) is 16.7. The lowest BCUT2D eigenvalue weighted by Gasteiger charge is -2.17. The predicted octanol–water partition coefficient (Wildman–Crippen LogP) is 3.24. The number of para-hydroxylation sites is 2. The van der Waals surface area contributed by atoms with E-state index < -0.39 is 0 Å². The molecule has 27 heavy (non-hydrogen) atoms. The minimum Gasteiger partial charge on any atom is -0.490 e. The van der Waals surface area contributed by atoms with Gasteiger partial charge in [-0.3, -0.25) is 5.73 Å². The molecule has 0 saturated carbocycles. The standard InChI is InChI=1S/C22H30N4O/c1-4-24(5-2)13-14-25-20-11-6-7-12-21(20)26(22(25)23)15-16-27-19-10-8-9-18(3)17-19/h6-12,17,23H,4-5,13-16H2,1-3H3/p+1. The topological polar surface area (TPSA) is 47.3 Å². The summed E-state index contributed by atoms with van der Waals surface area (Å²) in [5.74, 6) is 1.69. The number of ether oxygens (including phenoxy) is 1. The lowest BCUT2D eigenvalue weighted by atomic mass is 10.2.